The van der Waals surface area contributed by atoms with Crippen LogP contribution in [0.4, 0.5) is 0 Å². The molecule has 1 unspecified atom stereocenters. The number of ether oxygens (including phenoxy) is 2. The van der Waals surface area contributed by atoms with E-state index >= 15 is 0 Å². The maximum Gasteiger partial charge on any atom is 0.161 e. The van der Waals surface area contributed by atoms with Crippen LogP contribution in [-0.2, 0) is 6.42 Å². The number of hydrogen-bond donors (Lipinski definition) is 1. The van der Waals surface area contributed by atoms with Crippen molar-refractivity contribution in [3.05, 3.63) is 53.9 Å². The van der Waals surface area contributed by atoms with Crippen molar-refractivity contribution in [3.63, 3.8) is 0 Å². The summed E-state index contributed by atoms with van der Waals surface area (Å²) in [7, 11) is 0. The Balaban J connectivity index is 2.13. The highest BCUT2D eigenvalue weighted by Crippen LogP contribution is 2.30. The molecule has 4 heteroatoms. The second kappa shape index (κ2) is 9.93. The van der Waals surface area contributed by atoms with Gasteiger partial charge in [0.25, 0.3) is 0 Å². The van der Waals surface area contributed by atoms with Gasteiger partial charge < -0.3 is 15.2 Å². The average Bonchev–Trinajstić information content (AvgIpc) is 2.62. The molecule has 0 saturated heterocycles. The first-order valence-corrected chi connectivity index (χ1v) is 8.78. The lowest BCUT2D eigenvalue weighted by atomic mass is 9.95. The molecule has 24 heavy (non-hydrogen) atoms. The fraction of sp³-hybridized carbons (Fsp3) is 0.450. The Labute approximate surface area is 145 Å². The van der Waals surface area contributed by atoms with Gasteiger partial charge in [0.05, 0.1) is 13.2 Å². The van der Waals surface area contributed by atoms with Gasteiger partial charge in [0, 0.05) is 24.4 Å². The molecule has 1 aromatic heterocycles. The third kappa shape index (κ3) is 5.24. The van der Waals surface area contributed by atoms with Gasteiger partial charge in [0.2, 0.25) is 0 Å². The molecule has 0 aliphatic heterocycles. The lowest BCUT2D eigenvalue weighted by Gasteiger charge is -2.17. The summed E-state index contributed by atoms with van der Waals surface area (Å²) in [6, 6.07) is 12.1. The van der Waals surface area contributed by atoms with E-state index in [-0.39, 0.29) is 5.92 Å². The Hall–Kier alpha value is -2.07. The zero-order chi connectivity index (χ0) is 17.2. The van der Waals surface area contributed by atoms with Crippen molar-refractivity contribution < 1.29 is 9.47 Å². The van der Waals surface area contributed by atoms with Crippen LogP contribution in [-0.4, -0.2) is 24.7 Å². The number of rotatable bonds is 10. The van der Waals surface area contributed by atoms with Crippen LogP contribution in [0.2, 0.25) is 0 Å². The summed E-state index contributed by atoms with van der Waals surface area (Å²) in [5.41, 5.74) is 8.18. The average molecular weight is 328 g/mol. The van der Waals surface area contributed by atoms with E-state index in [0.29, 0.717) is 13.2 Å². The SMILES string of the molecule is CCCCOc1ccc(CC(CN)c2ccccn2)cc1OCC. The van der Waals surface area contributed by atoms with E-state index in [1.165, 1.54) is 5.56 Å². The molecule has 1 aromatic carbocycles. The second-order valence-electron chi connectivity index (χ2n) is 5.81. The predicted octanol–water partition coefficient (Wildman–Crippen LogP) is 3.94. The van der Waals surface area contributed by atoms with Gasteiger partial charge in [-0.15, -0.1) is 0 Å². The topological polar surface area (TPSA) is 57.4 Å². The number of nitrogens with zero attached hydrogens (tertiary/aromatic N) is 1. The highest BCUT2D eigenvalue weighted by molar-refractivity contribution is 5.43. The third-order valence-corrected chi connectivity index (χ3v) is 3.94. The van der Waals surface area contributed by atoms with Crippen LogP contribution in [0.1, 0.15) is 43.9 Å². The minimum atomic E-state index is 0.201. The monoisotopic (exact) mass is 328 g/mol. The van der Waals surface area contributed by atoms with E-state index in [0.717, 1.165) is 43.1 Å². The molecule has 0 spiro atoms. The van der Waals surface area contributed by atoms with Crippen LogP contribution in [0.5, 0.6) is 11.5 Å². The number of aromatic nitrogens is 1. The molecule has 0 radical (unpaired) electrons. The van der Waals surface area contributed by atoms with Crippen molar-refractivity contribution >= 4 is 0 Å². The molecule has 0 aliphatic carbocycles. The molecule has 130 valence electrons. The summed E-state index contributed by atoms with van der Waals surface area (Å²) in [6.07, 6.45) is 4.81. The van der Waals surface area contributed by atoms with E-state index in [1.54, 1.807) is 0 Å². The maximum absolute atomic E-state index is 5.96. The predicted molar refractivity (Wildman–Crippen MR) is 97.8 cm³/mol. The van der Waals surface area contributed by atoms with Crippen LogP contribution in [0.3, 0.4) is 0 Å². The van der Waals surface area contributed by atoms with Crippen LogP contribution in [0, 0.1) is 0 Å². The molecular weight excluding hydrogens is 300 g/mol. The van der Waals surface area contributed by atoms with Gasteiger partial charge in [0.15, 0.2) is 11.5 Å². The van der Waals surface area contributed by atoms with Crippen molar-refractivity contribution in [1.82, 2.24) is 4.98 Å². The fourth-order valence-electron chi connectivity index (χ4n) is 2.60. The van der Waals surface area contributed by atoms with Crippen LogP contribution < -0.4 is 15.2 Å². The molecule has 0 saturated carbocycles. The molecule has 0 fully saturated rings. The molecule has 2 aromatic rings. The van der Waals surface area contributed by atoms with Gasteiger partial charge in [-0.1, -0.05) is 25.5 Å². The second-order valence-corrected chi connectivity index (χ2v) is 5.81. The third-order valence-electron chi connectivity index (χ3n) is 3.94. The molecule has 0 aliphatic rings. The van der Waals surface area contributed by atoms with E-state index in [4.69, 9.17) is 15.2 Å². The molecule has 4 nitrogen and oxygen atoms in total. The van der Waals surface area contributed by atoms with Crippen molar-refractivity contribution in [2.24, 2.45) is 5.73 Å². The van der Waals surface area contributed by atoms with Crippen LogP contribution in [0.25, 0.3) is 0 Å². The van der Waals surface area contributed by atoms with E-state index in [9.17, 15) is 0 Å². The molecule has 2 N–H and O–H groups in total. The van der Waals surface area contributed by atoms with Crippen LogP contribution in [0.15, 0.2) is 42.6 Å². The standard InChI is InChI=1S/C20H28N2O2/c1-3-5-12-24-19-10-9-16(14-20(19)23-4-2)13-17(15-21)18-8-6-7-11-22-18/h6-11,14,17H,3-5,12-13,15,21H2,1-2H3. The van der Waals surface area contributed by atoms with Crippen molar-refractivity contribution in [3.8, 4) is 11.5 Å². The number of pyridine rings is 1. The molecule has 0 amide bonds. The van der Waals surface area contributed by atoms with E-state index in [2.05, 4.69) is 24.0 Å². The zero-order valence-corrected chi connectivity index (χ0v) is 14.7. The number of hydrogen-bond acceptors (Lipinski definition) is 4. The number of nitrogens with two attached hydrogens (primary N) is 1. The Morgan fingerprint density at radius 3 is 2.62 bits per heavy atom. The summed E-state index contributed by atoms with van der Waals surface area (Å²) in [5, 5.41) is 0. The van der Waals surface area contributed by atoms with Crippen LogP contribution >= 0.6 is 0 Å². The van der Waals surface area contributed by atoms with E-state index < -0.39 is 0 Å². The largest absolute Gasteiger partial charge is 0.490 e. The van der Waals surface area contributed by atoms with Gasteiger partial charge in [-0.05, 0) is 49.6 Å². The molecule has 1 heterocycles. The highest BCUT2D eigenvalue weighted by Gasteiger charge is 2.14. The van der Waals surface area contributed by atoms with Gasteiger partial charge >= 0.3 is 0 Å². The summed E-state index contributed by atoms with van der Waals surface area (Å²) in [5.74, 6) is 1.83. The number of unbranched alkanes of at least 4 members (excludes halogenated alkanes) is 1. The Morgan fingerprint density at radius 2 is 1.96 bits per heavy atom. The minimum Gasteiger partial charge on any atom is -0.490 e. The summed E-state index contributed by atoms with van der Waals surface area (Å²) in [4.78, 5) is 4.44. The molecule has 1 atom stereocenters. The highest BCUT2D eigenvalue weighted by atomic mass is 16.5. The Morgan fingerprint density at radius 1 is 1.08 bits per heavy atom. The van der Waals surface area contributed by atoms with Gasteiger partial charge in [-0.3, -0.25) is 4.98 Å². The first-order chi connectivity index (χ1) is 11.8. The van der Waals surface area contributed by atoms with Crippen molar-refractivity contribution in [1.29, 1.82) is 0 Å². The first kappa shape index (κ1) is 18.3. The first-order valence-electron chi connectivity index (χ1n) is 8.78. The Bertz CT molecular complexity index is 602. The quantitative estimate of drug-likeness (QED) is 0.671. The minimum absolute atomic E-state index is 0.201. The maximum atomic E-state index is 5.96. The molecule has 2 rings (SSSR count). The van der Waals surface area contributed by atoms with E-state index in [1.807, 2.05) is 37.4 Å². The van der Waals surface area contributed by atoms with Crippen molar-refractivity contribution in [2.45, 2.75) is 39.0 Å². The Kier molecular flexibility index (Phi) is 7.56. The normalized spacial score (nSPS) is 12.0. The summed E-state index contributed by atoms with van der Waals surface area (Å²) < 4.78 is 11.6. The van der Waals surface area contributed by atoms with Crippen molar-refractivity contribution in [2.75, 3.05) is 19.8 Å². The number of benzene rings is 1. The van der Waals surface area contributed by atoms with Gasteiger partial charge in [-0.2, -0.15) is 0 Å². The van der Waals surface area contributed by atoms with Gasteiger partial charge in [-0.25, -0.2) is 0 Å². The summed E-state index contributed by atoms with van der Waals surface area (Å²) >= 11 is 0. The lowest BCUT2D eigenvalue weighted by molar-refractivity contribution is 0.272. The zero-order valence-electron chi connectivity index (χ0n) is 14.7. The molecular formula is C20H28N2O2. The lowest BCUT2D eigenvalue weighted by Crippen LogP contribution is -2.16. The fourth-order valence-corrected chi connectivity index (χ4v) is 2.60. The molecule has 0 bridgehead atoms. The van der Waals surface area contributed by atoms with Gasteiger partial charge in [0.1, 0.15) is 0 Å². The summed E-state index contributed by atoms with van der Waals surface area (Å²) in [6.45, 7) is 6.04. The smallest absolute Gasteiger partial charge is 0.161 e.